The third-order valence-corrected chi connectivity index (χ3v) is 4.53. The number of rotatable bonds is 5. The van der Waals surface area contributed by atoms with E-state index in [1.54, 1.807) is 0 Å². The van der Waals surface area contributed by atoms with Crippen molar-refractivity contribution in [3.63, 3.8) is 0 Å². The molecule has 0 fully saturated rings. The summed E-state index contributed by atoms with van der Waals surface area (Å²) >= 11 is 0. The summed E-state index contributed by atoms with van der Waals surface area (Å²) in [6, 6.07) is 8.45. The van der Waals surface area contributed by atoms with E-state index in [1.807, 2.05) is 6.92 Å². The zero-order valence-corrected chi connectivity index (χ0v) is 13.2. The van der Waals surface area contributed by atoms with Crippen molar-refractivity contribution in [2.24, 2.45) is 5.73 Å². The molecule has 1 aliphatic carbocycles. The predicted octanol–water partition coefficient (Wildman–Crippen LogP) is 2.97. The van der Waals surface area contributed by atoms with E-state index in [2.05, 4.69) is 28.8 Å². The summed E-state index contributed by atoms with van der Waals surface area (Å²) in [6.45, 7) is 3.83. The second kappa shape index (κ2) is 6.53. The molecule has 22 heavy (non-hydrogen) atoms. The molecule has 3 rings (SSSR count). The Kier molecular flexibility index (Phi) is 4.48. The van der Waals surface area contributed by atoms with Crippen molar-refractivity contribution in [2.45, 2.75) is 45.1 Å². The van der Waals surface area contributed by atoms with Gasteiger partial charge >= 0.3 is 5.97 Å². The smallest absolute Gasteiger partial charge is 0.314 e. The van der Waals surface area contributed by atoms with E-state index in [0.29, 0.717) is 13.2 Å². The number of carbonyl (C=O) groups excluding carboxylic acids is 1. The normalized spacial score (nSPS) is 17.5. The van der Waals surface area contributed by atoms with Gasteiger partial charge < -0.3 is 15.0 Å². The van der Waals surface area contributed by atoms with Crippen LogP contribution in [0.15, 0.2) is 24.3 Å². The Balaban J connectivity index is 2.14. The van der Waals surface area contributed by atoms with Crippen LogP contribution >= 0.6 is 0 Å². The Bertz CT molecular complexity index is 675. The maximum atomic E-state index is 12.4. The van der Waals surface area contributed by atoms with Gasteiger partial charge in [-0.3, -0.25) is 4.79 Å². The van der Waals surface area contributed by atoms with Gasteiger partial charge in [0.2, 0.25) is 0 Å². The molecule has 1 unspecified atom stereocenters. The Morgan fingerprint density at radius 1 is 1.41 bits per heavy atom. The van der Waals surface area contributed by atoms with Gasteiger partial charge in [0.05, 0.1) is 12.5 Å². The Hall–Kier alpha value is -1.81. The predicted molar refractivity (Wildman–Crippen MR) is 87.9 cm³/mol. The van der Waals surface area contributed by atoms with Crippen molar-refractivity contribution in [1.82, 2.24) is 4.57 Å². The number of ether oxygens (including phenoxy) is 1. The Morgan fingerprint density at radius 3 is 3.00 bits per heavy atom. The summed E-state index contributed by atoms with van der Waals surface area (Å²) in [5, 5.41) is 1.28. The standard InChI is InChI=1S/C18H24N2O2/c1-2-22-18(21)15-9-5-8-14-13-7-3-4-10-16(13)20(17(14)15)12-6-11-19/h3-4,7,10,15H,2,5-6,8-9,11-12,19H2,1H3. The summed E-state index contributed by atoms with van der Waals surface area (Å²) in [7, 11) is 0. The van der Waals surface area contributed by atoms with Gasteiger partial charge in [0.25, 0.3) is 0 Å². The number of nitrogens with zero attached hydrogens (tertiary/aromatic N) is 1. The molecule has 2 aromatic rings. The van der Waals surface area contributed by atoms with Crippen LogP contribution < -0.4 is 5.73 Å². The van der Waals surface area contributed by atoms with Gasteiger partial charge in [-0.05, 0) is 50.8 Å². The molecule has 4 heteroatoms. The van der Waals surface area contributed by atoms with Crippen molar-refractivity contribution < 1.29 is 9.53 Å². The number of fused-ring (bicyclic) bond motifs is 3. The Labute approximate surface area is 131 Å². The fourth-order valence-corrected chi connectivity index (χ4v) is 3.64. The van der Waals surface area contributed by atoms with Gasteiger partial charge in [0.15, 0.2) is 0 Å². The van der Waals surface area contributed by atoms with Crippen molar-refractivity contribution in [2.75, 3.05) is 13.2 Å². The number of nitrogens with two attached hydrogens (primary N) is 1. The third-order valence-electron chi connectivity index (χ3n) is 4.53. The zero-order valence-electron chi connectivity index (χ0n) is 13.2. The minimum atomic E-state index is -0.131. The quantitative estimate of drug-likeness (QED) is 0.864. The van der Waals surface area contributed by atoms with Crippen LogP contribution in [0.3, 0.4) is 0 Å². The summed E-state index contributed by atoms with van der Waals surface area (Å²) in [4.78, 5) is 12.4. The highest BCUT2D eigenvalue weighted by molar-refractivity contribution is 5.89. The number of hydrogen-bond donors (Lipinski definition) is 1. The van der Waals surface area contributed by atoms with Crippen LogP contribution in [0.4, 0.5) is 0 Å². The second-order valence-electron chi connectivity index (χ2n) is 5.87. The molecule has 1 atom stereocenters. The lowest BCUT2D eigenvalue weighted by Gasteiger charge is -2.24. The molecule has 0 saturated carbocycles. The number of esters is 1. The van der Waals surface area contributed by atoms with Crippen LogP contribution in [-0.4, -0.2) is 23.7 Å². The van der Waals surface area contributed by atoms with E-state index >= 15 is 0 Å². The largest absolute Gasteiger partial charge is 0.465 e. The van der Waals surface area contributed by atoms with Gasteiger partial charge in [0.1, 0.15) is 0 Å². The van der Waals surface area contributed by atoms with Crippen molar-refractivity contribution >= 4 is 16.9 Å². The molecule has 118 valence electrons. The average Bonchev–Trinajstić information content (AvgIpc) is 2.87. The SMILES string of the molecule is CCOC(=O)C1CCCc2c1n(CCCN)c1ccccc21. The molecular weight excluding hydrogens is 276 g/mol. The number of carbonyl (C=O) groups is 1. The molecule has 0 saturated heterocycles. The van der Waals surface area contributed by atoms with Crippen LogP contribution in [0.25, 0.3) is 10.9 Å². The number of aromatic nitrogens is 1. The molecule has 1 aromatic carbocycles. The van der Waals surface area contributed by atoms with E-state index < -0.39 is 0 Å². The van der Waals surface area contributed by atoms with Crippen LogP contribution in [0.2, 0.25) is 0 Å². The first-order valence-corrected chi connectivity index (χ1v) is 8.24. The van der Waals surface area contributed by atoms with Crippen LogP contribution in [0, 0.1) is 0 Å². The first-order chi connectivity index (χ1) is 10.8. The highest BCUT2D eigenvalue weighted by Gasteiger charge is 2.32. The number of benzene rings is 1. The number of hydrogen-bond acceptors (Lipinski definition) is 3. The minimum Gasteiger partial charge on any atom is -0.465 e. The van der Waals surface area contributed by atoms with Gasteiger partial charge in [-0.2, -0.15) is 0 Å². The molecule has 1 aliphatic rings. The van der Waals surface area contributed by atoms with Gasteiger partial charge in [-0.1, -0.05) is 18.2 Å². The first-order valence-electron chi connectivity index (χ1n) is 8.24. The molecule has 4 nitrogen and oxygen atoms in total. The van der Waals surface area contributed by atoms with E-state index in [-0.39, 0.29) is 11.9 Å². The van der Waals surface area contributed by atoms with E-state index in [0.717, 1.165) is 32.2 Å². The fourth-order valence-electron chi connectivity index (χ4n) is 3.64. The van der Waals surface area contributed by atoms with Crippen LogP contribution in [0.1, 0.15) is 43.4 Å². The van der Waals surface area contributed by atoms with Gasteiger partial charge in [0, 0.05) is 23.1 Å². The van der Waals surface area contributed by atoms with Crippen molar-refractivity contribution in [3.05, 3.63) is 35.5 Å². The summed E-state index contributed by atoms with van der Waals surface area (Å²) in [6.07, 6.45) is 3.88. The molecule has 0 aliphatic heterocycles. The molecule has 0 bridgehead atoms. The fraction of sp³-hybridized carbons (Fsp3) is 0.500. The maximum Gasteiger partial charge on any atom is 0.314 e. The lowest BCUT2D eigenvalue weighted by Crippen LogP contribution is -2.24. The summed E-state index contributed by atoms with van der Waals surface area (Å²) in [5.41, 5.74) is 9.42. The monoisotopic (exact) mass is 300 g/mol. The Morgan fingerprint density at radius 2 is 2.23 bits per heavy atom. The molecular formula is C18H24N2O2. The lowest BCUT2D eigenvalue weighted by molar-refractivity contribution is -0.145. The highest BCUT2D eigenvalue weighted by atomic mass is 16.5. The average molecular weight is 300 g/mol. The maximum absolute atomic E-state index is 12.4. The third kappa shape index (κ3) is 2.52. The topological polar surface area (TPSA) is 57.2 Å². The highest BCUT2D eigenvalue weighted by Crippen LogP contribution is 2.39. The summed E-state index contributed by atoms with van der Waals surface area (Å²) in [5.74, 6) is -0.214. The molecule has 1 heterocycles. The van der Waals surface area contributed by atoms with E-state index in [4.69, 9.17) is 10.5 Å². The molecule has 0 spiro atoms. The van der Waals surface area contributed by atoms with Gasteiger partial charge in [-0.15, -0.1) is 0 Å². The van der Waals surface area contributed by atoms with E-state index in [9.17, 15) is 4.79 Å². The number of para-hydroxylation sites is 1. The van der Waals surface area contributed by atoms with Crippen molar-refractivity contribution in [3.8, 4) is 0 Å². The lowest BCUT2D eigenvalue weighted by atomic mass is 9.86. The second-order valence-corrected chi connectivity index (χ2v) is 5.87. The zero-order chi connectivity index (χ0) is 15.5. The molecule has 0 amide bonds. The molecule has 0 radical (unpaired) electrons. The van der Waals surface area contributed by atoms with Crippen molar-refractivity contribution in [1.29, 1.82) is 0 Å². The minimum absolute atomic E-state index is 0.0831. The van der Waals surface area contributed by atoms with Gasteiger partial charge in [-0.25, -0.2) is 0 Å². The first kappa shape index (κ1) is 15.1. The summed E-state index contributed by atoms with van der Waals surface area (Å²) < 4.78 is 7.62. The number of aryl methyl sites for hydroxylation is 2. The molecule has 2 N–H and O–H groups in total. The molecule has 1 aromatic heterocycles. The van der Waals surface area contributed by atoms with E-state index in [1.165, 1.54) is 22.2 Å². The van der Waals surface area contributed by atoms with Crippen LogP contribution in [-0.2, 0) is 22.5 Å². The van der Waals surface area contributed by atoms with Crippen LogP contribution in [0.5, 0.6) is 0 Å².